The lowest BCUT2D eigenvalue weighted by Gasteiger charge is -2.31. The molecule has 0 unspecified atom stereocenters. The van der Waals surface area contributed by atoms with Crippen LogP contribution in [-0.4, -0.2) is 107 Å². The number of cyclic esters (lactones) is 2. The van der Waals surface area contributed by atoms with E-state index in [4.69, 9.17) is 40.5 Å². The highest BCUT2D eigenvalue weighted by molar-refractivity contribution is 6.14. The van der Waals surface area contributed by atoms with Gasteiger partial charge in [-0.25, -0.2) is 9.59 Å². The Morgan fingerprint density at radius 3 is 1.50 bits per heavy atom. The van der Waals surface area contributed by atoms with Crippen molar-refractivity contribution in [3.05, 3.63) is 35.4 Å². The largest absolute Gasteiger partial charge is 0.481 e. The first-order chi connectivity index (χ1) is 19.0. The van der Waals surface area contributed by atoms with Gasteiger partial charge in [-0.2, -0.15) is 0 Å². The Hall–Kier alpha value is -2.45. The lowest BCUT2D eigenvalue weighted by molar-refractivity contribution is -0.137. The van der Waals surface area contributed by atoms with Crippen LogP contribution in [-0.2, 0) is 14.3 Å². The Balaban J connectivity index is 0.000000586. The van der Waals surface area contributed by atoms with Gasteiger partial charge >= 0.3 is 17.9 Å². The van der Waals surface area contributed by atoms with Gasteiger partial charge in [-0.3, -0.25) is 4.79 Å². The second-order valence-corrected chi connectivity index (χ2v) is 10.4. The van der Waals surface area contributed by atoms with Crippen molar-refractivity contribution >= 4 is 17.9 Å². The number of carbonyl (C=O) groups excluding carboxylic acids is 2. The molecule has 40 heavy (non-hydrogen) atoms. The number of hydrogen-bond donors (Lipinski definition) is 7. The van der Waals surface area contributed by atoms with Crippen molar-refractivity contribution in [1.82, 2.24) is 0 Å². The number of fused-ring (bicyclic) bond motifs is 1. The van der Waals surface area contributed by atoms with Gasteiger partial charge in [0, 0.05) is 6.42 Å². The van der Waals surface area contributed by atoms with Crippen LogP contribution in [0.3, 0.4) is 0 Å². The number of rotatable bonds is 17. The maximum absolute atomic E-state index is 10.8. The van der Waals surface area contributed by atoms with E-state index in [0.717, 1.165) is 18.8 Å². The molecule has 0 spiro atoms. The molecule has 1 aliphatic rings. The number of esters is 2. The number of hydrogen-bond acceptors (Lipinski definition) is 11. The smallest absolute Gasteiger partial charge is 0.346 e. The zero-order chi connectivity index (χ0) is 30.6. The molecule has 0 atom stereocenters. The molecular formula is C28H46O12. The minimum atomic E-state index is -1.16. The van der Waals surface area contributed by atoms with Gasteiger partial charge < -0.3 is 45.2 Å². The summed E-state index contributed by atoms with van der Waals surface area (Å²) in [5.41, 5.74) is -1.60. The number of aliphatic carboxylic acids is 1. The molecule has 1 heterocycles. The van der Waals surface area contributed by atoms with Crippen LogP contribution in [0.4, 0.5) is 0 Å². The summed E-state index contributed by atoms with van der Waals surface area (Å²) in [6, 6.07) is 6.53. The third kappa shape index (κ3) is 13.8. The van der Waals surface area contributed by atoms with E-state index >= 15 is 0 Å². The van der Waals surface area contributed by atoms with Crippen molar-refractivity contribution in [3.63, 3.8) is 0 Å². The highest BCUT2D eigenvalue weighted by Crippen LogP contribution is 2.20. The van der Waals surface area contributed by atoms with Gasteiger partial charge in [0.1, 0.15) is 0 Å². The summed E-state index contributed by atoms with van der Waals surface area (Å²) in [6.07, 6.45) is 5.95. The molecule has 12 nitrogen and oxygen atoms in total. The van der Waals surface area contributed by atoms with E-state index in [1.54, 1.807) is 24.3 Å². The monoisotopic (exact) mass is 574 g/mol. The van der Waals surface area contributed by atoms with Crippen LogP contribution in [0, 0.1) is 16.7 Å². The normalized spacial score (nSPS) is 12.7. The van der Waals surface area contributed by atoms with E-state index < -0.39 is 68.4 Å². The Morgan fingerprint density at radius 2 is 1.15 bits per heavy atom. The van der Waals surface area contributed by atoms with Gasteiger partial charge in [0.2, 0.25) is 0 Å². The fourth-order valence-electron chi connectivity index (χ4n) is 3.27. The molecule has 1 aromatic rings. The number of aliphatic hydroxyl groups excluding tert-OH is 6. The van der Waals surface area contributed by atoms with Gasteiger partial charge in [0.05, 0.1) is 74.8 Å². The molecule has 230 valence electrons. The van der Waals surface area contributed by atoms with Crippen LogP contribution in [0.25, 0.3) is 0 Å². The van der Waals surface area contributed by atoms with E-state index in [2.05, 4.69) is 18.6 Å². The molecule has 0 amide bonds. The molecule has 1 aliphatic heterocycles. The molecule has 1 aromatic carbocycles. The average molecular weight is 575 g/mol. The minimum Gasteiger partial charge on any atom is -0.481 e. The number of benzene rings is 1. The Labute approximate surface area is 235 Å². The summed E-state index contributed by atoms with van der Waals surface area (Å²) in [6.45, 7) is 1.43. The van der Waals surface area contributed by atoms with Crippen molar-refractivity contribution in [3.8, 4) is 0 Å². The van der Waals surface area contributed by atoms with E-state index in [1.165, 1.54) is 19.3 Å². The van der Waals surface area contributed by atoms with Crippen LogP contribution in [0.5, 0.6) is 0 Å². The van der Waals surface area contributed by atoms with Crippen LogP contribution in [0.1, 0.15) is 73.1 Å². The van der Waals surface area contributed by atoms with Crippen LogP contribution < -0.4 is 0 Å². The molecule has 12 heteroatoms. The molecule has 0 saturated carbocycles. The second kappa shape index (κ2) is 20.4. The highest BCUT2D eigenvalue weighted by atomic mass is 16.6. The Bertz CT molecular complexity index is 793. The summed E-state index contributed by atoms with van der Waals surface area (Å²) in [4.78, 5) is 31.8. The molecule has 0 saturated heterocycles. The topological polar surface area (TPSA) is 211 Å². The SMILES string of the molecule is CC(C)CCCCCCC(=O)O.O=C1OC(=O)c2ccccc21.OCC(CO)(CO)COCC(CO)(CO)CO. The Morgan fingerprint density at radius 1 is 0.750 bits per heavy atom. The summed E-state index contributed by atoms with van der Waals surface area (Å²) in [5, 5.41) is 62.5. The fourth-order valence-corrected chi connectivity index (χ4v) is 3.27. The predicted octanol–water partition coefficient (Wildman–Crippen LogP) is 0.994. The number of carboxylic acids is 1. The van der Waals surface area contributed by atoms with Crippen LogP contribution in [0.2, 0.25) is 0 Å². The zero-order valence-corrected chi connectivity index (χ0v) is 23.5. The number of aliphatic hydroxyl groups is 6. The summed E-state index contributed by atoms with van der Waals surface area (Å²) in [5.74, 6) is -0.987. The van der Waals surface area contributed by atoms with Crippen LogP contribution >= 0.6 is 0 Å². The van der Waals surface area contributed by atoms with Crippen molar-refractivity contribution in [2.24, 2.45) is 16.7 Å². The lowest BCUT2D eigenvalue weighted by atomic mass is 9.91. The molecule has 7 N–H and O–H groups in total. The maximum Gasteiger partial charge on any atom is 0.346 e. The van der Waals surface area contributed by atoms with Crippen LogP contribution in [0.15, 0.2) is 24.3 Å². The fraction of sp³-hybridized carbons (Fsp3) is 0.679. The number of carbonyl (C=O) groups is 3. The molecule has 2 rings (SSSR count). The van der Waals surface area contributed by atoms with Crippen molar-refractivity contribution in [2.45, 2.75) is 52.4 Å². The standard InChI is InChI=1S/C10H22O7.C10H20O2.C8H4O3/c11-1-9(2-12,3-13)7-17-8-10(4-14,5-15)6-16;1-9(2)7-5-3-4-6-8-10(11)12;9-7-5-3-1-2-4-6(5)8(10)11-7/h11-16H,1-8H2;9H,3-8H2,1-2H3,(H,11,12);1-4H. The summed E-state index contributed by atoms with van der Waals surface area (Å²) >= 11 is 0. The van der Waals surface area contributed by atoms with E-state index in [9.17, 15) is 14.4 Å². The number of unbranched alkanes of at least 4 members (excludes halogenated alkanes) is 3. The van der Waals surface area contributed by atoms with E-state index in [-0.39, 0.29) is 13.2 Å². The Kier molecular flexibility index (Phi) is 19.2. The molecule has 0 radical (unpaired) electrons. The van der Waals surface area contributed by atoms with Gasteiger partial charge in [-0.15, -0.1) is 0 Å². The second-order valence-electron chi connectivity index (χ2n) is 10.4. The predicted molar refractivity (Wildman–Crippen MR) is 145 cm³/mol. The molecule has 0 aliphatic carbocycles. The first kappa shape index (κ1) is 37.6. The molecular weight excluding hydrogens is 528 g/mol. The molecule has 0 aromatic heterocycles. The van der Waals surface area contributed by atoms with E-state index in [0.29, 0.717) is 17.5 Å². The first-order valence-electron chi connectivity index (χ1n) is 13.3. The van der Waals surface area contributed by atoms with Crippen molar-refractivity contribution in [2.75, 3.05) is 52.9 Å². The summed E-state index contributed by atoms with van der Waals surface area (Å²) in [7, 11) is 0. The average Bonchev–Trinajstić information content (AvgIpc) is 3.25. The third-order valence-electron chi connectivity index (χ3n) is 6.30. The number of ether oxygens (including phenoxy) is 2. The highest BCUT2D eigenvalue weighted by Gasteiger charge is 2.33. The molecule has 0 fully saturated rings. The first-order valence-corrected chi connectivity index (χ1v) is 13.3. The van der Waals surface area contributed by atoms with Gasteiger partial charge in [-0.1, -0.05) is 51.7 Å². The van der Waals surface area contributed by atoms with E-state index in [1.807, 2.05) is 0 Å². The quantitative estimate of drug-likeness (QED) is 0.0789. The van der Waals surface area contributed by atoms with Gasteiger partial charge in [0.15, 0.2) is 0 Å². The number of carboxylic acid groups (broad SMARTS) is 1. The van der Waals surface area contributed by atoms with Crippen molar-refractivity contribution in [1.29, 1.82) is 0 Å². The third-order valence-corrected chi connectivity index (χ3v) is 6.30. The summed E-state index contributed by atoms with van der Waals surface area (Å²) < 4.78 is 9.50. The van der Waals surface area contributed by atoms with Crippen molar-refractivity contribution < 1.29 is 59.6 Å². The minimum absolute atomic E-state index is 0.141. The molecule has 0 bridgehead atoms. The zero-order valence-electron chi connectivity index (χ0n) is 23.5. The van der Waals surface area contributed by atoms with Gasteiger partial charge in [-0.05, 0) is 24.5 Å². The maximum atomic E-state index is 10.8. The lowest BCUT2D eigenvalue weighted by Crippen LogP contribution is -2.43. The van der Waals surface area contributed by atoms with Gasteiger partial charge in [0.25, 0.3) is 0 Å².